The Balaban J connectivity index is 1.75. The predicted octanol–water partition coefficient (Wildman–Crippen LogP) is 0.800. The van der Waals surface area contributed by atoms with E-state index in [1.54, 1.807) is 11.8 Å². The van der Waals surface area contributed by atoms with E-state index in [0.29, 0.717) is 17.0 Å². The summed E-state index contributed by atoms with van der Waals surface area (Å²) < 4.78 is 22.2. The molecule has 0 aromatic heterocycles. The molecule has 2 rings (SSSR count). The van der Waals surface area contributed by atoms with Crippen LogP contribution in [-0.4, -0.2) is 54.7 Å². The van der Waals surface area contributed by atoms with E-state index in [-0.39, 0.29) is 17.9 Å². The van der Waals surface area contributed by atoms with Crippen LogP contribution in [0.25, 0.3) is 0 Å². The molecule has 2 aliphatic carbocycles. The topological polar surface area (TPSA) is 66.4 Å². The fourth-order valence-electron chi connectivity index (χ4n) is 2.57. The van der Waals surface area contributed by atoms with Crippen molar-refractivity contribution in [3.05, 3.63) is 0 Å². The average Bonchev–Trinajstić information content (AvgIpc) is 2.98. The third kappa shape index (κ3) is 4.40. The highest BCUT2D eigenvalue weighted by atomic mass is 32.2. The fraction of sp³-hybridized carbons (Fsp3) is 1.00. The smallest absolute Gasteiger partial charge is 0.148 e. The average molecular weight is 293 g/mol. The Morgan fingerprint density at radius 2 is 2.11 bits per heavy atom. The van der Waals surface area contributed by atoms with E-state index in [2.05, 4.69) is 5.32 Å². The molecule has 6 heteroatoms. The van der Waals surface area contributed by atoms with Gasteiger partial charge in [0.15, 0.2) is 0 Å². The molecular formula is C12H23NO3S2. The molecule has 2 saturated carbocycles. The summed E-state index contributed by atoms with van der Waals surface area (Å²) in [5.74, 6) is 0.935. The first-order valence-corrected chi connectivity index (χ1v) is 9.71. The van der Waals surface area contributed by atoms with Gasteiger partial charge in [-0.05, 0) is 32.1 Å². The second-order valence-electron chi connectivity index (χ2n) is 5.72. The molecule has 18 heavy (non-hydrogen) atoms. The summed E-state index contributed by atoms with van der Waals surface area (Å²) in [5.41, 5.74) is -0.0933. The third-order valence-corrected chi connectivity index (χ3v) is 6.28. The molecule has 0 heterocycles. The molecule has 0 aliphatic heterocycles. The van der Waals surface area contributed by atoms with Crippen LogP contribution in [0.2, 0.25) is 0 Å². The number of thioether (sulfide) groups is 1. The van der Waals surface area contributed by atoms with Crippen LogP contribution in [0.3, 0.4) is 0 Å². The van der Waals surface area contributed by atoms with Crippen molar-refractivity contribution >= 4 is 21.6 Å². The maximum Gasteiger partial charge on any atom is 0.148 e. The summed E-state index contributed by atoms with van der Waals surface area (Å²) in [5, 5.41) is 13.7. The summed E-state index contributed by atoms with van der Waals surface area (Å²) in [7, 11) is -2.84. The van der Waals surface area contributed by atoms with Crippen LogP contribution in [0.4, 0.5) is 0 Å². The normalized spacial score (nSPS) is 32.9. The van der Waals surface area contributed by atoms with Crippen molar-refractivity contribution in [1.29, 1.82) is 0 Å². The summed E-state index contributed by atoms with van der Waals surface area (Å²) in [6.45, 7) is 0.201. The van der Waals surface area contributed by atoms with Crippen molar-refractivity contribution in [2.45, 2.75) is 48.9 Å². The molecule has 2 unspecified atom stereocenters. The lowest BCUT2D eigenvalue weighted by molar-refractivity contribution is 0.163. The number of rotatable bonds is 7. The maximum atomic E-state index is 11.1. The van der Waals surface area contributed by atoms with Crippen LogP contribution in [0.15, 0.2) is 0 Å². The van der Waals surface area contributed by atoms with Crippen LogP contribution in [0, 0.1) is 0 Å². The molecule has 0 aromatic rings. The van der Waals surface area contributed by atoms with Crippen molar-refractivity contribution in [2.24, 2.45) is 0 Å². The van der Waals surface area contributed by atoms with E-state index in [0.717, 1.165) is 19.3 Å². The Morgan fingerprint density at radius 1 is 1.39 bits per heavy atom. The van der Waals surface area contributed by atoms with Gasteiger partial charge in [0.05, 0.1) is 12.4 Å². The van der Waals surface area contributed by atoms with Gasteiger partial charge in [-0.1, -0.05) is 0 Å². The van der Waals surface area contributed by atoms with Gasteiger partial charge in [-0.3, -0.25) is 0 Å². The van der Waals surface area contributed by atoms with Crippen LogP contribution < -0.4 is 5.32 Å². The predicted molar refractivity (Wildman–Crippen MR) is 75.8 cm³/mol. The monoisotopic (exact) mass is 293 g/mol. The minimum Gasteiger partial charge on any atom is -0.394 e. The minimum atomic E-state index is -2.84. The second-order valence-corrected chi connectivity index (χ2v) is 9.39. The lowest BCUT2D eigenvalue weighted by Crippen LogP contribution is -2.47. The van der Waals surface area contributed by atoms with Crippen molar-refractivity contribution in [3.63, 3.8) is 0 Å². The SMILES string of the molecule is CS(=O)(=O)CCSC1CCC(CO)(NC2CC2)C1. The van der Waals surface area contributed by atoms with Crippen LogP contribution in [0.5, 0.6) is 0 Å². The van der Waals surface area contributed by atoms with Crippen LogP contribution >= 0.6 is 11.8 Å². The van der Waals surface area contributed by atoms with Crippen molar-refractivity contribution in [1.82, 2.24) is 5.32 Å². The van der Waals surface area contributed by atoms with E-state index >= 15 is 0 Å². The standard InChI is InChI=1S/C12H23NO3S2/c1-18(15,16)7-6-17-11-4-5-12(8-11,9-14)13-10-2-3-10/h10-11,13-14H,2-9H2,1H3. The third-order valence-electron chi connectivity index (χ3n) is 3.76. The molecule has 2 atom stereocenters. The number of hydrogen-bond donors (Lipinski definition) is 2. The second kappa shape index (κ2) is 5.69. The highest BCUT2D eigenvalue weighted by Crippen LogP contribution is 2.39. The Morgan fingerprint density at radius 3 is 2.67 bits per heavy atom. The number of aliphatic hydroxyl groups is 1. The molecule has 0 amide bonds. The van der Waals surface area contributed by atoms with Gasteiger partial charge in [-0.2, -0.15) is 11.8 Å². The van der Waals surface area contributed by atoms with Crippen molar-refractivity contribution in [2.75, 3.05) is 24.4 Å². The summed E-state index contributed by atoms with van der Waals surface area (Å²) >= 11 is 1.75. The van der Waals surface area contributed by atoms with E-state index in [1.807, 2.05) is 0 Å². The van der Waals surface area contributed by atoms with Gasteiger partial charge >= 0.3 is 0 Å². The quantitative estimate of drug-likeness (QED) is 0.727. The Labute approximate surface area is 114 Å². The van der Waals surface area contributed by atoms with E-state index in [4.69, 9.17) is 0 Å². The number of aliphatic hydroxyl groups excluding tert-OH is 1. The molecule has 2 aliphatic rings. The summed E-state index contributed by atoms with van der Waals surface area (Å²) in [6.07, 6.45) is 6.80. The van der Waals surface area contributed by atoms with Gasteiger partial charge < -0.3 is 10.4 Å². The van der Waals surface area contributed by atoms with Crippen molar-refractivity contribution < 1.29 is 13.5 Å². The van der Waals surface area contributed by atoms with Crippen LogP contribution in [-0.2, 0) is 9.84 Å². The summed E-state index contributed by atoms with van der Waals surface area (Å²) in [4.78, 5) is 0. The van der Waals surface area contributed by atoms with Gasteiger partial charge in [0.25, 0.3) is 0 Å². The molecule has 0 bridgehead atoms. The van der Waals surface area contributed by atoms with E-state index < -0.39 is 9.84 Å². The molecule has 106 valence electrons. The first-order valence-electron chi connectivity index (χ1n) is 6.60. The molecule has 0 aromatic carbocycles. The number of sulfone groups is 1. The molecule has 0 spiro atoms. The zero-order valence-corrected chi connectivity index (χ0v) is 12.5. The number of nitrogens with one attached hydrogen (secondary N) is 1. The van der Waals surface area contributed by atoms with Gasteiger partial charge in [0.1, 0.15) is 9.84 Å². The first-order chi connectivity index (χ1) is 8.42. The lowest BCUT2D eigenvalue weighted by Gasteiger charge is -2.28. The maximum absolute atomic E-state index is 11.1. The highest BCUT2D eigenvalue weighted by Gasteiger charge is 2.42. The fourth-order valence-corrected chi connectivity index (χ4v) is 5.22. The van der Waals surface area contributed by atoms with Gasteiger partial charge in [0, 0.05) is 28.8 Å². The molecule has 0 saturated heterocycles. The zero-order valence-electron chi connectivity index (χ0n) is 10.9. The highest BCUT2D eigenvalue weighted by molar-refractivity contribution is 8.01. The largest absolute Gasteiger partial charge is 0.394 e. The Hall–Kier alpha value is 0.220. The number of hydrogen-bond acceptors (Lipinski definition) is 5. The lowest BCUT2D eigenvalue weighted by atomic mass is 9.99. The van der Waals surface area contributed by atoms with Gasteiger partial charge in [-0.15, -0.1) is 0 Å². The van der Waals surface area contributed by atoms with Crippen molar-refractivity contribution in [3.8, 4) is 0 Å². The molecular weight excluding hydrogens is 270 g/mol. The Bertz CT molecular complexity index is 381. The minimum absolute atomic E-state index is 0.0933. The summed E-state index contributed by atoms with van der Waals surface area (Å²) in [6, 6.07) is 0.608. The van der Waals surface area contributed by atoms with E-state index in [9.17, 15) is 13.5 Å². The van der Waals surface area contributed by atoms with E-state index in [1.165, 1.54) is 19.1 Å². The molecule has 2 N–H and O–H groups in total. The Kier molecular flexibility index (Phi) is 4.62. The molecule has 4 nitrogen and oxygen atoms in total. The first kappa shape index (κ1) is 14.6. The molecule has 0 radical (unpaired) electrons. The van der Waals surface area contributed by atoms with Crippen LogP contribution in [0.1, 0.15) is 32.1 Å². The molecule has 2 fully saturated rings. The van der Waals surface area contributed by atoms with Gasteiger partial charge in [-0.25, -0.2) is 8.42 Å². The van der Waals surface area contributed by atoms with Gasteiger partial charge in [0.2, 0.25) is 0 Å². The zero-order chi connectivity index (χ0) is 13.2.